The van der Waals surface area contributed by atoms with Crippen molar-refractivity contribution in [3.05, 3.63) is 59.2 Å². The van der Waals surface area contributed by atoms with Crippen LogP contribution in [0.2, 0.25) is 0 Å². The average Bonchev–Trinajstić information content (AvgIpc) is 3.11. The van der Waals surface area contributed by atoms with Crippen molar-refractivity contribution < 1.29 is 19.0 Å². The van der Waals surface area contributed by atoms with Crippen molar-refractivity contribution in [3.63, 3.8) is 0 Å². The molecule has 2 aromatic carbocycles. The highest BCUT2D eigenvalue weighted by molar-refractivity contribution is 5.72. The molecule has 1 heterocycles. The molecule has 3 rings (SSSR count). The van der Waals surface area contributed by atoms with Crippen LogP contribution in [0.3, 0.4) is 0 Å². The van der Waals surface area contributed by atoms with Crippen LogP contribution in [0.15, 0.2) is 42.5 Å². The molecule has 26 heavy (non-hydrogen) atoms. The van der Waals surface area contributed by atoms with E-state index in [0.717, 1.165) is 47.5 Å². The molecule has 1 saturated heterocycles. The van der Waals surface area contributed by atoms with E-state index in [2.05, 4.69) is 19.9 Å². The Bertz CT molecular complexity index is 739. The van der Waals surface area contributed by atoms with Gasteiger partial charge in [0.05, 0.1) is 6.61 Å². The molecule has 0 spiro atoms. The first kappa shape index (κ1) is 18.3. The fourth-order valence-corrected chi connectivity index (χ4v) is 3.10. The normalized spacial score (nSPS) is 16.4. The van der Waals surface area contributed by atoms with Gasteiger partial charge in [0.15, 0.2) is 11.5 Å². The zero-order valence-electron chi connectivity index (χ0n) is 15.5. The second-order valence-electron chi connectivity index (χ2n) is 6.50. The van der Waals surface area contributed by atoms with Crippen LogP contribution in [-0.2, 0) is 22.6 Å². The number of hydrogen-bond acceptors (Lipinski definition) is 4. The lowest BCUT2D eigenvalue weighted by molar-refractivity contribution is -0.141. The van der Waals surface area contributed by atoms with Gasteiger partial charge in [-0.05, 0) is 48.1 Å². The SMILES string of the molecule is CCCOc1c(CC)cc(C2CCC(=O)O2)cc1OCc1ccccc1. The molecule has 1 atom stereocenters. The number of esters is 1. The molecule has 1 aliphatic heterocycles. The van der Waals surface area contributed by atoms with E-state index in [1.807, 2.05) is 36.4 Å². The highest BCUT2D eigenvalue weighted by atomic mass is 16.5. The van der Waals surface area contributed by atoms with E-state index in [1.54, 1.807) is 0 Å². The molecule has 4 heteroatoms. The molecule has 0 radical (unpaired) electrons. The van der Waals surface area contributed by atoms with Crippen molar-refractivity contribution in [2.45, 2.75) is 52.2 Å². The molecule has 1 fully saturated rings. The standard InChI is InChI=1S/C22H26O4/c1-3-12-24-22-17(4-2)13-18(19-10-11-21(23)26-19)14-20(22)25-15-16-8-6-5-7-9-16/h5-9,13-14,19H,3-4,10-12,15H2,1-2H3. The van der Waals surface area contributed by atoms with Crippen molar-refractivity contribution in [3.8, 4) is 11.5 Å². The maximum atomic E-state index is 11.5. The number of hydrogen-bond donors (Lipinski definition) is 0. The van der Waals surface area contributed by atoms with Gasteiger partial charge >= 0.3 is 5.97 Å². The topological polar surface area (TPSA) is 44.8 Å². The summed E-state index contributed by atoms with van der Waals surface area (Å²) >= 11 is 0. The molecule has 0 bridgehead atoms. The van der Waals surface area contributed by atoms with E-state index < -0.39 is 0 Å². The van der Waals surface area contributed by atoms with Crippen LogP contribution >= 0.6 is 0 Å². The van der Waals surface area contributed by atoms with Crippen LogP contribution < -0.4 is 9.47 Å². The molecular weight excluding hydrogens is 328 g/mol. The molecule has 138 valence electrons. The summed E-state index contributed by atoms with van der Waals surface area (Å²) in [6, 6.07) is 14.1. The van der Waals surface area contributed by atoms with Crippen molar-refractivity contribution in [2.75, 3.05) is 6.61 Å². The van der Waals surface area contributed by atoms with Crippen molar-refractivity contribution in [1.29, 1.82) is 0 Å². The summed E-state index contributed by atoms with van der Waals surface area (Å²) in [5, 5.41) is 0. The number of aryl methyl sites for hydroxylation is 1. The average molecular weight is 354 g/mol. The number of carbonyl (C=O) groups excluding carboxylic acids is 1. The molecule has 0 amide bonds. The fraction of sp³-hybridized carbons (Fsp3) is 0.409. The van der Waals surface area contributed by atoms with E-state index in [1.165, 1.54) is 0 Å². The van der Waals surface area contributed by atoms with Crippen LogP contribution in [0.5, 0.6) is 11.5 Å². The quantitative estimate of drug-likeness (QED) is 0.626. The number of cyclic esters (lactones) is 1. The summed E-state index contributed by atoms with van der Waals surface area (Å²) in [6.07, 6.45) is 2.76. The highest BCUT2D eigenvalue weighted by Gasteiger charge is 2.27. The minimum absolute atomic E-state index is 0.133. The summed E-state index contributed by atoms with van der Waals surface area (Å²) in [5.41, 5.74) is 3.17. The largest absolute Gasteiger partial charge is 0.489 e. The Morgan fingerprint density at radius 2 is 1.92 bits per heavy atom. The van der Waals surface area contributed by atoms with Crippen LogP contribution in [-0.4, -0.2) is 12.6 Å². The zero-order valence-corrected chi connectivity index (χ0v) is 15.5. The smallest absolute Gasteiger partial charge is 0.306 e. The molecule has 1 unspecified atom stereocenters. The zero-order chi connectivity index (χ0) is 18.4. The van der Waals surface area contributed by atoms with Crippen LogP contribution in [0.4, 0.5) is 0 Å². The Kier molecular flexibility index (Phi) is 6.16. The minimum Gasteiger partial charge on any atom is -0.489 e. The number of rotatable bonds is 8. The van der Waals surface area contributed by atoms with Crippen molar-refractivity contribution >= 4 is 5.97 Å². The lowest BCUT2D eigenvalue weighted by Crippen LogP contribution is -2.06. The van der Waals surface area contributed by atoms with Gasteiger partial charge in [0, 0.05) is 6.42 Å². The Labute approximate surface area is 155 Å². The maximum Gasteiger partial charge on any atom is 0.306 e. The Hall–Kier alpha value is -2.49. The predicted octanol–water partition coefficient (Wildman–Crippen LogP) is 4.99. The third-order valence-corrected chi connectivity index (χ3v) is 4.48. The van der Waals surface area contributed by atoms with Gasteiger partial charge in [-0.15, -0.1) is 0 Å². The van der Waals surface area contributed by atoms with E-state index in [9.17, 15) is 4.79 Å². The van der Waals surface area contributed by atoms with E-state index in [-0.39, 0.29) is 12.1 Å². The van der Waals surface area contributed by atoms with Gasteiger partial charge in [0.25, 0.3) is 0 Å². The first-order valence-electron chi connectivity index (χ1n) is 9.37. The lowest BCUT2D eigenvalue weighted by Gasteiger charge is -2.19. The third-order valence-electron chi connectivity index (χ3n) is 4.48. The van der Waals surface area contributed by atoms with Crippen LogP contribution in [0.1, 0.15) is 55.9 Å². The maximum absolute atomic E-state index is 11.5. The summed E-state index contributed by atoms with van der Waals surface area (Å²) in [4.78, 5) is 11.5. The second-order valence-corrected chi connectivity index (χ2v) is 6.50. The summed E-state index contributed by atoms with van der Waals surface area (Å²) in [5.74, 6) is 1.39. The predicted molar refractivity (Wildman–Crippen MR) is 100 cm³/mol. The second kappa shape index (κ2) is 8.75. The van der Waals surface area contributed by atoms with E-state index >= 15 is 0 Å². The molecule has 2 aromatic rings. The first-order chi connectivity index (χ1) is 12.7. The van der Waals surface area contributed by atoms with E-state index in [4.69, 9.17) is 14.2 Å². The first-order valence-corrected chi connectivity index (χ1v) is 9.37. The molecule has 1 aliphatic rings. The minimum atomic E-state index is -0.188. The highest BCUT2D eigenvalue weighted by Crippen LogP contribution is 2.39. The summed E-state index contributed by atoms with van der Waals surface area (Å²) < 4.78 is 17.6. The molecular formula is C22H26O4. The third kappa shape index (κ3) is 4.37. The molecule has 0 N–H and O–H groups in total. The van der Waals surface area contributed by atoms with Gasteiger partial charge < -0.3 is 14.2 Å². The molecule has 0 aliphatic carbocycles. The van der Waals surface area contributed by atoms with Crippen LogP contribution in [0, 0.1) is 0 Å². The van der Waals surface area contributed by atoms with Gasteiger partial charge in [-0.2, -0.15) is 0 Å². The number of benzene rings is 2. The van der Waals surface area contributed by atoms with Gasteiger partial charge in [-0.1, -0.05) is 44.2 Å². The Morgan fingerprint density at radius 3 is 2.58 bits per heavy atom. The van der Waals surface area contributed by atoms with Gasteiger partial charge in [-0.3, -0.25) is 4.79 Å². The summed E-state index contributed by atoms with van der Waals surface area (Å²) in [6.45, 7) is 5.30. The fourth-order valence-electron chi connectivity index (χ4n) is 3.10. The van der Waals surface area contributed by atoms with Crippen molar-refractivity contribution in [1.82, 2.24) is 0 Å². The van der Waals surface area contributed by atoms with E-state index in [0.29, 0.717) is 19.6 Å². The van der Waals surface area contributed by atoms with Crippen LogP contribution in [0.25, 0.3) is 0 Å². The van der Waals surface area contributed by atoms with Gasteiger partial charge in [0.2, 0.25) is 0 Å². The number of ether oxygens (including phenoxy) is 3. The van der Waals surface area contributed by atoms with Crippen molar-refractivity contribution in [2.24, 2.45) is 0 Å². The Balaban J connectivity index is 1.89. The van der Waals surface area contributed by atoms with Gasteiger partial charge in [0.1, 0.15) is 12.7 Å². The van der Waals surface area contributed by atoms with Gasteiger partial charge in [-0.25, -0.2) is 0 Å². The Morgan fingerprint density at radius 1 is 1.12 bits per heavy atom. The monoisotopic (exact) mass is 354 g/mol. The lowest BCUT2D eigenvalue weighted by atomic mass is 10.0. The summed E-state index contributed by atoms with van der Waals surface area (Å²) in [7, 11) is 0. The molecule has 0 saturated carbocycles. The molecule has 4 nitrogen and oxygen atoms in total. The molecule has 0 aromatic heterocycles. The number of carbonyl (C=O) groups is 1.